The smallest absolute Gasteiger partial charge is 0.141 e. The molecule has 0 spiro atoms. The van der Waals surface area contributed by atoms with Crippen molar-refractivity contribution in [2.75, 3.05) is 11.1 Å². The zero-order valence-electron chi connectivity index (χ0n) is 9.02. The molecule has 0 radical (unpaired) electrons. The second kappa shape index (κ2) is 4.69. The molecule has 0 saturated carbocycles. The van der Waals surface area contributed by atoms with Crippen LogP contribution < -0.4 is 11.1 Å². The Morgan fingerprint density at radius 3 is 2.76 bits per heavy atom. The van der Waals surface area contributed by atoms with Crippen LogP contribution in [0.3, 0.4) is 0 Å². The van der Waals surface area contributed by atoms with Crippen LogP contribution in [-0.4, -0.2) is 10.1 Å². The number of nitrogens with zero attached hydrogens (tertiary/aromatic N) is 1. The van der Waals surface area contributed by atoms with Gasteiger partial charge in [-0.2, -0.15) is 0 Å². The second-order valence-corrected chi connectivity index (χ2v) is 3.60. The molecule has 1 heterocycles. The van der Waals surface area contributed by atoms with Crippen molar-refractivity contribution in [3.05, 3.63) is 48.0 Å². The summed E-state index contributed by atoms with van der Waals surface area (Å²) in [7, 11) is 0. The predicted molar refractivity (Wildman–Crippen MR) is 64.0 cm³/mol. The fourth-order valence-corrected chi connectivity index (χ4v) is 1.38. The summed E-state index contributed by atoms with van der Waals surface area (Å²) >= 11 is 0. The van der Waals surface area contributed by atoms with Gasteiger partial charge in [-0.1, -0.05) is 0 Å². The average molecular weight is 233 g/mol. The van der Waals surface area contributed by atoms with Crippen molar-refractivity contribution < 1.29 is 9.50 Å². The first-order valence-corrected chi connectivity index (χ1v) is 5.08. The zero-order valence-corrected chi connectivity index (χ0v) is 9.02. The van der Waals surface area contributed by atoms with E-state index in [1.165, 1.54) is 12.1 Å². The molecule has 0 aliphatic heterocycles. The molecule has 0 atom stereocenters. The van der Waals surface area contributed by atoms with Gasteiger partial charge in [-0.05, 0) is 24.3 Å². The van der Waals surface area contributed by atoms with Gasteiger partial charge in [0, 0.05) is 6.07 Å². The van der Waals surface area contributed by atoms with E-state index in [9.17, 15) is 9.50 Å². The number of phenols is 1. The maximum Gasteiger partial charge on any atom is 0.141 e. The molecule has 4 N–H and O–H groups in total. The SMILES string of the molecule is Nc1ccc(CNc2ccc(F)cc2O)nc1. The van der Waals surface area contributed by atoms with E-state index < -0.39 is 5.82 Å². The Kier molecular flexibility index (Phi) is 3.09. The summed E-state index contributed by atoms with van der Waals surface area (Å²) in [5, 5.41) is 12.4. The molecule has 0 fully saturated rings. The van der Waals surface area contributed by atoms with Gasteiger partial charge in [0.2, 0.25) is 0 Å². The minimum Gasteiger partial charge on any atom is -0.506 e. The van der Waals surface area contributed by atoms with Crippen molar-refractivity contribution in [1.82, 2.24) is 4.98 Å². The van der Waals surface area contributed by atoms with Gasteiger partial charge in [-0.15, -0.1) is 0 Å². The number of hydrogen-bond donors (Lipinski definition) is 3. The summed E-state index contributed by atoms with van der Waals surface area (Å²) in [4.78, 5) is 4.10. The first-order chi connectivity index (χ1) is 8.15. The summed E-state index contributed by atoms with van der Waals surface area (Å²) in [6.07, 6.45) is 1.56. The van der Waals surface area contributed by atoms with Crippen LogP contribution in [0.15, 0.2) is 36.5 Å². The molecule has 0 unspecified atom stereocenters. The van der Waals surface area contributed by atoms with E-state index in [2.05, 4.69) is 10.3 Å². The number of anilines is 2. The molecule has 0 saturated heterocycles. The van der Waals surface area contributed by atoms with E-state index in [0.717, 1.165) is 11.8 Å². The number of benzene rings is 1. The Morgan fingerprint density at radius 2 is 2.12 bits per heavy atom. The second-order valence-electron chi connectivity index (χ2n) is 3.60. The quantitative estimate of drug-likeness (QED) is 0.710. The van der Waals surface area contributed by atoms with Crippen LogP contribution >= 0.6 is 0 Å². The van der Waals surface area contributed by atoms with Crippen molar-refractivity contribution in [1.29, 1.82) is 0 Å². The van der Waals surface area contributed by atoms with E-state index in [-0.39, 0.29) is 5.75 Å². The molecule has 2 aromatic rings. The molecular weight excluding hydrogens is 221 g/mol. The Morgan fingerprint density at radius 1 is 1.29 bits per heavy atom. The molecule has 0 aliphatic rings. The Balaban J connectivity index is 2.04. The molecule has 0 bridgehead atoms. The normalized spacial score (nSPS) is 10.2. The first kappa shape index (κ1) is 11.2. The number of rotatable bonds is 3. The van der Waals surface area contributed by atoms with E-state index in [0.29, 0.717) is 17.9 Å². The maximum atomic E-state index is 12.7. The Bertz CT molecular complexity index is 514. The van der Waals surface area contributed by atoms with Gasteiger partial charge in [-0.3, -0.25) is 4.98 Å². The summed E-state index contributed by atoms with van der Waals surface area (Å²) in [6, 6.07) is 7.33. The van der Waals surface area contributed by atoms with Gasteiger partial charge < -0.3 is 16.2 Å². The first-order valence-electron chi connectivity index (χ1n) is 5.08. The van der Waals surface area contributed by atoms with Crippen molar-refractivity contribution in [3.63, 3.8) is 0 Å². The molecule has 2 rings (SSSR count). The third-order valence-electron chi connectivity index (χ3n) is 2.27. The molecule has 5 heteroatoms. The topological polar surface area (TPSA) is 71.2 Å². The third kappa shape index (κ3) is 2.84. The number of nitrogen functional groups attached to an aromatic ring is 1. The molecular formula is C12H12FN3O. The number of nitrogens with one attached hydrogen (secondary N) is 1. The monoisotopic (exact) mass is 233 g/mol. The van der Waals surface area contributed by atoms with E-state index in [1.807, 2.05) is 0 Å². The van der Waals surface area contributed by atoms with Gasteiger partial charge in [0.1, 0.15) is 11.6 Å². The lowest BCUT2D eigenvalue weighted by molar-refractivity contribution is 0.471. The standard InChI is InChI=1S/C12H12FN3O/c13-8-1-4-11(12(17)5-8)16-7-10-3-2-9(14)6-15-10/h1-6,16-17H,7,14H2. The lowest BCUT2D eigenvalue weighted by Crippen LogP contribution is -2.02. The van der Waals surface area contributed by atoms with Crippen molar-refractivity contribution in [2.24, 2.45) is 0 Å². The van der Waals surface area contributed by atoms with E-state index in [4.69, 9.17) is 5.73 Å². The molecule has 88 valence electrons. The van der Waals surface area contributed by atoms with Crippen LogP contribution in [0.4, 0.5) is 15.8 Å². The number of pyridine rings is 1. The van der Waals surface area contributed by atoms with Crippen LogP contribution in [-0.2, 0) is 6.54 Å². The molecule has 4 nitrogen and oxygen atoms in total. The summed E-state index contributed by atoms with van der Waals surface area (Å²) < 4.78 is 12.7. The molecule has 1 aromatic carbocycles. The van der Waals surface area contributed by atoms with Crippen molar-refractivity contribution >= 4 is 11.4 Å². The van der Waals surface area contributed by atoms with Crippen LogP contribution in [0.25, 0.3) is 0 Å². The molecule has 0 aliphatic carbocycles. The van der Waals surface area contributed by atoms with Gasteiger partial charge in [-0.25, -0.2) is 4.39 Å². The minimum absolute atomic E-state index is 0.125. The van der Waals surface area contributed by atoms with Gasteiger partial charge in [0.25, 0.3) is 0 Å². The lowest BCUT2D eigenvalue weighted by atomic mass is 10.2. The van der Waals surface area contributed by atoms with Crippen LogP contribution in [0, 0.1) is 5.82 Å². The van der Waals surface area contributed by atoms with Gasteiger partial charge in [0.05, 0.1) is 29.8 Å². The number of hydrogen-bond acceptors (Lipinski definition) is 4. The highest BCUT2D eigenvalue weighted by molar-refractivity contribution is 5.55. The van der Waals surface area contributed by atoms with Gasteiger partial charge >= 0.3 is 0 Å². The number of nitrogens with two attached hydrogens (primary N) is 1. The highest BCUT2D eigenvalue weighted by Gasteiger charge is 2.02. The van der Waals surface area contributed by atoms with E-state index in [1.54, 1.807) is 18.3 Å². The third-order valence-corrected chi connectivity index (χ3v) is 2.27. The highest BCUT2D eigenvalue weighted by Crippen LogP contribution is 2.23. The van der Waals surface area contributed by atoms with E-state index >= 15 is 0 Å². The van der Waals surface area contributed by atoms with Crippen LogP contribution in [0.5, 0.6) is 5.75 Å². The van der Waals surface area contributed by atoms with Crippen molar-refractivity contribution in [2.45, 2.75) is 6.54 Å². The number of aromatic nitrogens is 1. The molecule has 0 amide bonds. The van der Waals surface area contributed by atoms with Crippen LogP contribution in [0.2, 0.25) is 0 Å². The summed E-state index contributed by atoms with van der Waals surface area (Å²) in [5.41, 5.74) is 7.35. The summed E-state index contributed by atoms with van der Waals surface area (Å²) in [5.74, 6) is -0.598. The number of phenolic OH excluding ortho intramolecular Hbond substituents is 1. The number of halogens is 1. The maximum absolute atomic E-state index is 12.7. The fourth-order valence-electron chi connectivity index (χ4n) is 1.38. The molecule has 17 heavy (non-hydrogen) atoms. The molecule has 1 aromatic heterocycles. The Hall–Kier alpha value is -2.30. The predicted octanol–water partition coefficient (Wildman–Crippen LogP) is 2.12. The number of aromatic hydroxyl groups is 1. The zero-order chi connectivity index (χ0) is 12.3. The fraction of sp³-hybridized carbons (Fsp3) is 0.0833. The Labute approximate surface area is 97.9 Å². The summed E-state index contributed by atoms with van der Waals surface area (Å²) in [6.45, 7) is 0.430. The largest absolute Gasteiger partial charge is 0.506 e. The lowest BCUT2D eigenvalue weighted by Gasteiger charge is -2.08. The highest BCUT2D eigenvalue weighted by atomic mass is 19.1. The average Bonchev–Trinajstić information content (AvgIpc) is 2.30. The van der Waals surface area contributed by atoms with Crippen molar-refractivity contribution in [3.8, 4) is 5.75 Å². The van der Waals surface area contributed by atoms with Crippen LogP contribution in [0.1, 0.15) is 5.69 Å². The minimum atomic E-state index is -0.473. The van der Waals surface area contributed by atoms with Gasteiger partial charge in [0.15, 0.2) is 0 Å².